The summed E-state index contributed by atoms with van der Waals surface area (Å²) in [6.45, 7) is 6.95. The Morgan fingerprint density at radius 2 is 2.05 bits per heavy atom. The smallest absolute Gasteiger partial charge is 0.220 e. The number of methoxy groups -OCH3 is 1. The van der Waals surface area contributed by atoms with Crippen molar-refractivity contribution in [1.82, 2.24) is 5.32 Å². The lowest BCUT2D eigenvalue weighted by atomic mass is 10.00. The van der Waals surface area contributed by atoms with Crippen molar-refractivity contribution in [3.8, 4) is 12.3 Å². The molecule has 4 heteroatoms. The zero-order valence-electron chi connectivity index (χ0n) is 13.8. The van der Waals surface area contributed by atoms with E-state index in [1.807, 2.05) is 13.0 Å². The maximum Gasteiger partial charge on any atom is 0.220 e. The number of allylic oxidation sites excluding steroid dienone is 1. The van der Waals surface area contributed by atoms with Crippen molar-refractivity contribution in [3.05, 3.63) is 11.8 Å². The van der Waals surface area contributed by atoms with Crippen LogP contribution in [0.4, 0.5) is 0 Å². The van der Waals surface area contributed by atoms with Gasteiger partial charge in [-0.15, -0.1) is 6.42 Å². The second kappa shape index (κ2) is 11.2. The maximum absolute atomic E-state index is 11.3. The summed E-state index contributed by atoms with van der Waals surface area (Å²) in [6, 6.07) is 0. The molecule has 0 aromatic rings. The van der Waals surface area contributed by atoms with Crippen molar-refractivity contribution in [2.75, 3.05) is 20.3 Å². The van der Waals surface area contributed by atoms with Crippen LogP contribution in [-0.4, -0.2) is 31.8 Å². The molecule has 0 heterocycles. The summed E-state index contributed by atoms with van der Waals surface area (Å²) in [5, 5.41) is 2.67. The van der Waals surface area contributed by atoms with E-state index in [-0.39, 0.29) is 11.5 Å². The van der Waals surface area contributed by atoms with Crippen LogP contribution in [0.3, 0.4) is 0 Å². The predicted molar refractivity (Wildman–Crippen MR) is 85.7 cm³/mol. The van der Waals surface area contributed by atoms with E-state index in [0.29, 0.717) is 19.6 Å². The summed E-state index contributed by atoms with van der Waals surface area (Å²) in [4.78, 5) is 11.3. The van der Waals surface area contributed by atoms with Crippen LogP contribution in [0.1, 0.15) is 52.9 Å². The monoisotopic (exact) mass is 295 g/mol. The van der Waals surface area contributed by atoms with Crippen LogP contribution in [0.2, 0.25) is 0 Å². The molecule has 1 amide bonds. The van der Waals surface area contributed by atoms with Gasteiger partial charge < -0.3 is 14.8 Å². The third-order valence-corrected chi connectivity index (χ3v) is 3.24. The van der Waals surface area contributed by atoms with E-state index in [9.17, 15) is 4.79 Å². The van der Waals surface area contributed by atoms with Crippen LogP contribution in [0.5, 0.6) is 0 Å². The van der Waals surface area contributed by atoms with Crippen molar-refractivity contribution in [2.24, 2.45) is 0 Å². The van der Waals surface area contributed by atoms with E-state index >= 15 is 0 Å². The molecule has 0 aliphatic heterocycles. The van der Waals surface area contributed by atoms with Crippen LogP contribution in [0.15, 0.2) is 11.8 Å². The molecule has 0 bridgehead atoms. The van der Waals surface area contributed by atoms with Crippen molar-refractivity contribution in [2.45, 2.75) is 58.5 Å². The highest BCUT2D eigenvalue weighted by molar-refractivity contribution is 5.76. The third-order valence-electron chi connectivity index (χ3n) is 3.24. The van der Waals surface area contributed by atoms with Gasteiger partial charge in [-0.1, -0.05) is 18.8 Å². The van der Waals surface area contributed by atoms with E-state index in [1.54, 1.807) is 7.11 Å². The van der Waals surface area contributed by atoms with Crippen LogP contribution in [0, 0.1) is 12.3 Å². The number of ether oxygens (including phenoxy) is 2. The van der Waals surface area contributed by atoms with Gasteiger partial charge in [-0.05, 0) is 39.7 Å². The van der Waals surface area contributed by atoms with Crippen molar-refractivity contribution >= 4 is 5.91 Å². The second-order valence-electron chi connectivity index (χ2n) is 5.63. The second-order valence-corrected chi connectivity index (χ2v) is 5.63. The zero-order valence-corrected chi connectivity index (χ0v) is 13.8. The highest BCUT2D eigenvalue weighted by atomic mass is 16.5. The highest BCUT2D eigenvalue weighted by Gasteiger charge is 2.17. The van der Waals surface area contributed by atoms with E-state index in [4.69, 9.17) is 15.9 Å². The number of carbonyl (C=O) groups is 1. The molecule has 0 aromatic carbocycles. The fourth-order valence-corrected chi connectivity index (χ4v) is 1.79. The lowest BCUT2D eigenvalue weighted by molar-refractivity contribution is -0.120. The topological polar surface area (TPSA) is 47.6 Å². The van der Waals surface area contributed by atoms with Crippen LogP contribution >= 0.6 is 0 Å². The van der Waals surface area contributed by atoms with Crippen LogP contribution in [-0.2, 0) is 14.3 Å². The molecule has 0 spiro atoms. The maximum atomic E-state index is 11.3. The van der Waals surface area contributed by atoms with Gasteiger partial charge in [0, 0.05) is 6.42 Å². The average Bonchev–Trinajstić information content (AvgIpc) is 2.44. The first-order chi connectivity index (χ1) is 9.91. The fraction of sp³-hybridized carbons (Fsp3) is 0.706. The van der Waals surface area contributed by atoms with E-state index in [1.165, 1.54) is 0 Å². The molecule has 0 aromatic heterocycles. The molecule has 0 unspecified atom stereocenters. The first kappa shape index (κ1) is 19.5. The quantitative estimate of drug-likeness (QED) is 0.362. The molecule has 0 saturated carbocycles. The van der Waals surface area contributed by atoms with Gasteiger partial charge >= 0.3 is 0 Å². The number of amides is 1. The van der Waals surface area contributed by atoms with E-state index in [2.05, 4.69) is 25.1 Å². The minimum Gasteiger partial charge on any atom is -0.502 e. The number of unbranched alkanes of at least 4 members (excludes halogenated alkanes) is 2. The highest BCUT2D eigenvalue weighted by Crippen LogP contribution is 2.19. The van der Waals surface area contributed by atoms with Gasteiger partial charge in [-0.2, -0.15) is 0 Å². The Morgan fingerprint density at radius 3 is 2.67 bits per heavy atom. The Bertz CT molecular complexity index is 367. The molecule has 0 aliphatic rings. The minimum absolute atomic E-state index is 0.0311. The molecule has 0 atom stereocenters. The fourth-order valence-electron chi connectivity index (χ4n) is 1.79. The number of terminal acetylenes is 1. The Morgan fingerprint density at radius 1 is 1.33 bits per heavy atom. The first-order valence-corrected chi connectivity index (χ1v) is 7.46. The van der Waals surface area contributed by atoms with Crippen LogP contribution in [0.25, 0.3) is 0 Å². The number of hydrogen-bond acceptors (Lipinski definition) is 3. The van der Waals surface area contributed by atoms with Gasteiger partial charge in [0.25, 0.3) is 0 Å². The Hall–Kier alpha value is -1.47. The lowest BCUT2D eigenvalue weighted by Crippen LogP contribution is -2.25. The molecule has 4 nitrogen and oxygen atoms in total. The lowest BCUT2D eigenvalue weighted by Gasteiger charge is -2.24. The Kier molecular flexibility index (Phi) is 10.4. The molecule has 0 fully saturated rings. The third kappa shape index (κ3) is 12.0. The van der Waals surface area contributed by atoms with Crippen molar-refractivity contribution < 1.29 is 14.3 Å². The van der Waals surface area contributed by atoms with Crippen molar-refractivity contribution in [1.29, 1.82) is 0 Å². The Balaban J connectivity index is 3.70. The number of rotatable bonds is 11. The number of hydrogen-bond donors (Lipinski definition) is 1. The molecule has 0 rings (SSSR count). The molecule has 21 heavy (non-hydrogen) atoms. The normalized spacial score (nSPS) is 11.9. The van der Waals surface area contributed by atoms with Gasteiger partial charge in [0.15, 0.2) is 0 Å². The average molecular weight is 295 g/mol. The summed E-state index contributed by atoms with van der Waals surface area (Å²) < 4.78 is 10.9. The summed E-state index contributed by atoms with van der Waals surface area (Å²) in [7, 11) is 1.65. The molecule has 0 saturated heterocycles. The molecule has 120 valence electrons. The molecule has 1 N–H and O–H groups in total. The SMILES string of the molecule is C#CCNC(=O)CCCCCC(C)(C)OC/C=C(/C)OC. The molecule has 0 radical (unpaired) electrons. The number of carbonyl (C=O) groups excluding carboxylic acids is 1. The predicted octanol–water partition coefficient (Wildman–Crippen LogP) is 3.03. The van der Waals surface area contributed by atoms with Gasteiger partial charge in [0.2, 0.25) is 5.91 Å². The van der Waals surface area contributed by atoms with Gasteiger partial charge in [0.1, 0.15) is 0 Å². The zero-order chi connectivity index (χ0) is 16.1. The minimum atomic E-state index is -0.156. The summed E-state index contributed by atoms with van der Waals surface area (Å²) in [5.41, 5.74) is -0.156. The standard InChI is InChI=1S/C17H29NO3/c1-6-13-18-16(19)10-8-7-9-12-17(3,4)21-14-11-15(2)20-5/h1,11H,7-10,12-14H2,2-5H3,(H,18,19)/b15-11-. The summed E-state index contributed by atoms with van der Waals surface area (Å²) in [5.74, 6) is 3.29. The molecular formula is C17H29NO3. The van der Waals surface area contributed by atoms with Crippen LogP contribution < -0.4 is 5.32 Å². The van der Waals surface area contributed by atoms with Gasteiger partial charge in [-0.3, -0.25) is 4.79 Å². The van der Waals surface area contributed by atoms with Gasteiger partial charge in [-0.25, -0.2) is 0 Å². The molecular weight excluding hydrogens is 266 g/mol. The summed E-state index contributed by atoms with van der Waals surface area (Å²) in [6.07, 6.45) is 11.5. The Labute approximate surface area is 129 Å². The van der Waals surface area contributed by atoms with E-state index < -0.39 is 0 Å². The first-order valence-electron chi connectivity index (χ1n) is 7.46. The summed E-state index contributed by atoms with van der Waals surface area (Å²) >= 11 is 0. The van der Waals surface area contributed by atoms with Crippen molar-refractivity contribution in [3.63, 3.8) is 0 Å². The molecule has 0 aliphatic carbocycles. The van der Waals surface area contributed by atoms with Gasteiger partial charge in [0.05, 0.1) is 31.6 Å². The van der Waals surface area contributed by atoms with E-state index in [0.717, 1.165) is 31.4 Å². The number of nitrogens with one attached hydrogen (secondary N) is 1. The largest absolute Gasteiger partial charge is 0.502 e.